The Hall–Kier alpha value is -3.60. The summed E-state index contributed by atoms with van der Waals surface area (Å²) < 4.78 is 34.6. The number of H-pyrrole nitrogens is 1. The maximum Gasteiger partial charge on any atom is 0.255 e. The number of halogens is 2. The van der Waals surface area contributed by atoms with Gasteiger partial charge in [0.25, 0.3) is 5.91 Å². The summed E-state index contributed by atoms with van der Waals surface area (Å²) in [5, 5.41) is 11.7. The Bertz CT molecular complexity index is 1290. The summed E-state index contributed by atoms with van der Waals surface area (Å²) >= 11 is 0. The summed E-state index contributed by atoms with van der Waals surface area (Å²) in [6.07, 6.45) is 2.03. The molecule has 0 unspecified atom stereocenters. The van der Waals surface area contributed by atoms with Crippen molar-refractivity contribution in [3.8, 4) is 17.0 Å². The van der Waals surface area contributed by atoms with Gasteiger partial charge in [-0.05, 0) is 43.9 Å². The van der Waals surface area contributed by atoms with E-state index in [1.807, 2.05) is 0 Å². The zero-order valence-electron chi connectivity index (χ0n) is 19.1. The monoisotopic (exact) mass is 485 g/mol. The third-order valence-corrected chi connectivity index (χ3v) is 6.42. The number of likely N-dealkylation sites (tertiary alicyclic amines) is 1. The lowest BCUT2D eigenvalue weighted by molar-refractivity contribution is -0.133. The minimum absolute atomic E-state index is 0.0427. The Morgan fingerprint density at radius 3 is 2.83 bits per heavy atom. The number of benzene rings is 1. The van der Waals surface area contributed by atoms with E-state index in [1.54, 1.807) is 13.0 Å². The van der Waals surface area contributed by atoms with Gasteiger partial charge < -0.3 is 25.0 Å². The number of alkyl halides is 1. The molecule has 2 aromatic heterocycles. The van der Waals surface area contributed by atoms with Crippen LogP contribution in [0.4, 0.5) is 8.78 Å². The van der Waals surface area contributed by atoms with E-state index in [2.05, 4.69) is 20.3 Å². The number of ether oxygens (including phenoxy) is 1. The van der Waals surface area contributed by atoms with Crippen molar-refractivity contribution in [3.05, 3.63) is 41.6 Å². The first-order valence-electron chi connectivity index (χ1n) is 11.4. The number of carbonyl (C=O) groups is 2. The Morgan fingerprint density at radius 1 is 1.29 bits per heavy atom. The summed E-state index contributed by atoms with van der Waals surface area (Å²) in [5.74, 6) is -0.631. The van der Waals surface area contributed by atoms with Crippen LogP contribution in [0.25, 0.3) is 22.3 Å². The van der Waals surface area contributed by atoms with Crippen molar-refractivity contribution in [2.45, 2.75) is 32.0 Å². The molecule has 1 aliphatic carbocycles. The van der Waals surface area contributed by atoms with E-state index >= 15 is 0 Å². The molecule has 184 valence electrons. The fourth-order valence-corrected chi connectivity index (χ4v) is 4.35. The van der Waals surface area contributed by atoms with Crippen molar-refractivity contribution in [2.75, 3.05) is 26.3 Å². The molecule has 2 aliphatic rings. The molecule has 1 aromatic carbocycles. The summed E-state index contributed by atoms with van der Waals surface area (Å²) in [5.41, 5.74) is 2.24. The third kappa shape index (κ3) is 4.55. The third-order valence-electron chi connectivity index (χ3n) is 6.42. The van der Waals surface area contributed by atoms with Crippen LogP contribution in [0.1, 0.15) is 28.9 Å². The number of hydrogen-bond acceptors (Lipinski definition) is 6. The summed E-state index contributed by atoms with van der Waals surface area (Å²) in [6.45, 7) is 1.25. The van der Waals surface area contributed by atoms with Crippen molar-refractivity contribution in [3.63, 3.8) is 0 Å². The van der Waals surface area contributed by atoms with Crippen molar-refractivity contribution in [1.29, 1.82) is 0 Å². The molecule has 0 spiro atoms. The number of nitrogens with zero attached hydrogens (tertiary/aromatic N) is 3. The summed E-state index contributed by atoms with van der Waals surface area (Å²) in [4.78, 5) is 37.7. The fourth-order valence-electron chi connectivity index (χ4n) is 4.35. The van der Waals surface area contributed by atoms with Crippen LogP contribution < -0.4 is 10.1 Å². The van der Waals surface area contributed by atoms with Gasteiger partial charge in [-0.15, -0.1) is 0 Å². The van der Waals surface area contributed by atoms with Gasteiger partial charge in [-0.1, -0.05) is 0 Å². The molecule has 11 heteroatoms. The highest BCUT2D eigenvalue weighted by atomic mass is 19.1. The number of aliphatic hydroxyl groups excluding tert-OH is 1. The predicted molar refractivity (Wildman–Crippen MR) is 122 cm³/mol. The van der Waals surface area contributed by atoms with Crippen molar-refractivity contribution < 1.29 is 28.2 Å². The predicted octanol–water partition coefficient (Wildman–Crippen LogP) is 2.13. The molecular weight excluding hydrogens is 460 g/mol. The van der Waals surface area contributed by atoms with Crippen LogP contribution in [0.5, 0.6) is 5.75 Å². The number of rotatable bonds is 7. The zero-order valence-corrected chi connectivity index (χ0v) is 19.1. The molecule has 1 saturated carbocycles. The highest BCUT2D eigenvalue weighted by Crippen LogP contribution is 2.36. The largest absolute Gasteiger partial charge is 0.493 e. The normalized spacial score (nSPS) is 19.8. The molecule has 9 nitrogen and oxygen atoms in total. The first-order valence-corrected chi connectivity index (χ1v) is 11.4. The molecule has 3 aromatic rings. The molecule has 35 heavy (non-hydrogen) atoms. The molecule has 3 N–H and O–H groups in total. The lowest BCUT2D eigenvalue weighted by Crippen LogP contribution is -2.42. The van der Waals surface area contributed by atoms with Gasteiger partial charge in [-0.25, -0.2) is 18.7 Å². The standard InChI is InChI=1S/C24H25F2N5O4/c1-12-20(24(34)30-17-8-31(7-16(17)26)19(33)9-32)22-23(29-12)21(27-11-28-22)15-6-14(25)4-5-18(15)35-10-13-2-3-13/h4-6,11,13,16-17,29,32H,2-3,7-10H2,1H3,(H,30,34)/t16-,17+/m1/s1. The van der Waals surface area contributed by atoms with Gasteiger partial charge in [0.1, 0.15) is 41.9 Å². The number of aliphatic hydroxyl groups is 1. The molecule has 0 radical (unpaired) electrons. The fraction of sp³-hybridized carbons (Fsp3) is 0.417. The molecule has 1 aliphatic heterocycles. The van der Waals surface area contributed by atoms with Crippen LogP contribution in [0.15, 0.2) is 24.5 Å². The number of aromatic amines is 1. The van der Waals surface area contributed by atoms with Crippen molar-refractivity contribution in [2.24, 2.45) is 5.92 Å². The molecule has 1 saturated heterocycles. The summed E-state index contributed by atoms with van der Waals surface area (Å²) in [7, 11) is 0. The van der Waals surface area contributed by atoms with Crippen LogP contribution in [-0.2, 0) is 4.79 Å². The molecule has 2 amide bonds. The Labute approximate surface area is 199 Å². The Kier molecular flexibility index (Phi) is 6.10. The first-order chi connectivity index (χ1) is 16.9. The number of nitrogens with one attached hydrogen (secondary N) is 2. The zero-order chi connectivity index (χ0) is 24.7. The minimum Gasteiger partial charge on any atom is -0.493 e. The molecule has 0 bridgehead atoms. The van der Waals surface area contributed by atoms with E-state index in [-0.39, 0.29) is 18.7 Å². The summed E-state index contributed by atoms with van der Waals surface area (Å²) in [6, 6.07) is 3.29. The van der Waals surface area contributed by atoms with Crippen LogP contribution in [0.2, 0.25) is 0 Å². The maximum absolute atomic E-state index is 14.5. The van der Waals surface area contributed by atoms with Gasteiger partial charge in [-0.2, -0.15) is 0 Å². The quantitative estimate of drug-likeness (QED) is 0.472. The van der Waals surface area contributed by atoms with E-state index in [1.165, 1.54) is 23.4 Å². The van der Waals surface area contributed by atoms with E-state index in [0.717, 1.165) is 12.8 Å². The SMILES string of the molecule is Cc1[nH]c2c(-c3cc(F)ccc3OCC3CC3)ncnc2c1C(=O)N[C@H]1CN(C(=O)CO)C[C@H]1F. The Balaban J connectivity index is 1.46. The maximum atomic E-state index is 14.5. The number of fused-ring (bicyclic) bond motifs is 1. The van der Waals surface area contributed by atoms with Gasteiger partial charge in [0, 0.05) is 17.8 Å². The number of aromatic nitrogens is 3. The highest BCUT2D eigenvalue weighted by molar-refractivity contribution is 6.09. The lowest BCUT2D eigenvalue weighted by atomic mass is 10.1. The van der Waals surface area contributed by atoms with Gasteiger partial charge in [0.05, 0.1) is 30.3 Å². The van der Waals surface area contributed by atoms with E-state index in [9.17, 15) is 18.4 Å². The van der Waals surface area contributed by atoms with Crippen molar-refractivity contribution in [1.82, 2.24) is 25.2 Å². The van der Waals surface area contributed by atoms with Crippen LogP contribution in [0, 0.1) is 18.7 Å². The number of aryl methyl sites for hydroxylation is 1. The van der Waals surface area contributed by atoms with E-state index < -0.39 is 36.5 Å². The smallest absolute Gasteiger partial charge is 0.255 e. The second kappa shape index (κ2) is 9.21. The average molecular weight is 485 g/mol. The van der Waals surface area contributed by atoms with Crippen LogP contribution in [0.3, 0.4) is 0 Å². The van der Waals surface area contributed by atoms with Gasteiger partial charge in [-0.3, -0.25) is 9.59 Å². The van der Waals surface area contributed by atoms with Gasteiger partial charge >= 0.3 is 0 Å². The van der Waals surface area contributed by atoms with Crippen LogP contribution in [-0.4, -0.2) is 75.3 Å². The molecule has 3 heterocycles. The van der Waals surface area contributed by atoms with Crippen LogP contribution >= 0.6 is 0 Å². The molecule has 5 rings (SSSR count). The second-order valence-corrected chi connectivity index (χ2v) is 9.02. The topological polar surface area (TPSA) is 120 Å². The molecule has 2 atom stereocenters. The first kappa shape index (κ1) is 23.2. The highest BCUT2D eigenvalue weighted by Gasteiger charge is 2.37. The molecule has 2 fully saturated rings. The van der Waals surface area contributed by atoms with Crippen molar-refractivity contribution >= 4 is 22.8 Å². The number of carbonyl (C=O) groups excluding carboxylic acids is 2. The Morgan fingerprint density at radius 2 is 2.09 bits per heavy atom. The van der Waals surface area contributed by atoms with Gasteiger partial charge in [0.2, 0.25) is 5.91 Å². The lowest BCUT2D eigenvalue weighted by Gasteiger charge is -2.15. The van der Waals surface area contributed by atoms with E-state index in [0.29, 0.717) is 46.3 Å². The molecular formula is C24H25F2N5O4. The second-order valence-electron chi connectivity index (χ2n) is 9.02. The number of hydrogen-bond donors (Lipinski definition) is 3. The average Bonchev–Trinajstić information content (AvgIpc) is 3.51. The minimum atomic E-state index is -1.47. The number of amides is 2. The van der Waals surface area contributed by atoms with Gasteiger partial charge in [0.15, 0.2) is 0 Å². The van der Waals surface area contributed by atoms with E-state index in [4.69, 9.17) is 9.84 Å².